The summed E-state index contributed by atoms with van der Waals surface area (Å²) in [6.07, 6.45) is 18.0. The normalized spacial score (nSPS) is 27.1. The molecule has 2 saturated carbocycles. The molecule has 0 spiro atoms. The van der Waals surface area contributed by atoms with Gasteiger partial charge in [-0.15, -0.1) is 0 Å². The van der Waals surface area contributed by atoms with Gasteiger partial charge in [-0.2, -0.15) is 0 Å². The van der Waals surface area contributed by atoms with Gasteiger partial charge in [-0.3, -0.25) is 0 Å². The maximum Gasteiger partial charge on any atom is 0.119 e. The highest BCUT2D eigenvalue weighted by atomic mass is 16.5. The van der Waals surface area contributed by atoms with Crippen LogP contribution >= 0.6 is 0 Å². The average molecular weight is 395 g/mol. The summed E-state index contributed by atoms with van der Waals surface area (Å²) in [5.74, 6) is 11.6. The summed E-state index contributed by atoms with van der Waals surface area (Å²) >= 11 is 0. The fraction of sp³-hybridized carbons (Fsp3) is 0.714. The van der Waals surface area contributed by atoms with Crippen molar-refractivity contribution in [2.75, 3.05) is 6.61 Å². The third kappa shape index (κ3) is 7.40. The summed E-state index contributed by atoms with van der Waals surface area (Å²) < 4.78 is 5.74. The van der Waals surface area contributed by atoms with Gasteiger partial charge in [-0.05, 0) is 87.0 Å². The van der Waals surface area contributed by atoms with Crippen LogP contribution in [0.4, 0.5) is 0 Å². The van der Waals surface area contributed by atoms with Crippen molar-refractivity contribution in [3.8, 4) is 17.6 Å². The smallest absolute Gasteiger partial charge is 0.119 e. The van der Waals surface area contributed by atoms with Crippen LogP contribution in [-0.2, 0) is 0 Å². The Morgan fingerprint density at radius 1 is 0.793 bits per heavy atom. The molecule has 0 amide bonds. The monoisotopic (exact) mass is 394 g/mol. The Kier molecular flexibility index (Phi) is 9.46. The van der Waals surface area contributed by atoms with E-state index in [1.54, 1.807) is 0 Å². The molecule has 0 atom stereocenters. The molecule has 2 aliphatic rings. The van der Waals surface area contributed by atoms with E-state index in [0.717, 1.165) is 42.1 Å². The van der Waals surface area contributed by atoms with Crippen LogP contribution in [0, 0.1) is 35.5 Å². The number of benzene rings is 1. The Morgan fingerprint density at radius 3 is 2.03 bits per heavy atom. The first-order valence-electron chi connectivity index (χ1n) is 12.5. The number of hydrogen-bond donors (Lipinski definition) is 0. The fourth-order valence-electron chi connectivity index (χ4n) is 5.33. The van der Waals surface area contributed by atoms with Crippen LogP contribution in [0.15, 0.2) is 24.3 Å². The first-order valence-corrected chi connectivity index (χ1v) is 12.5. The zero-order valence-electron chi connectivity index (χ0n) is 18.9. The largest absolute Gasteiger partial charge is 0.494 e. The second-order valence-electron chi connectivity index (χ2n) is 9.53. The molecule has 0 N–H and O–H groups in total. The van der Waals surface area contributed by atoms with Crippen molar-refractivity contribution in [3.05, 3.63) is 29.8 Å². The molecule has 0 heterocycles. The second kappa shape index (κ2) is 12.3. The Labute approximate surface area is 180 Å². The molecule has 160 valence electrons. The van der Waals surface area contributed by atoms with E-state index >= 15 is 0 Å². The molecule has 0 saturated heterocycles. The van der Waals surface area contributed by atoms with E-state index in [1.165, 1.54) is 77.0 Å². The van der Waals surface area contributed by atoms with E-state index in [1.807, 2.05) is 0 Å². The molecule has 2 fully saturated rings. The van der Waals surface area contributed by atoms with Crippen molar-refractivity contribution in [1.29, 1.82) is 0 Å². The van der Waals surface area contributed by atoms with Crippen molar-refractivity contribution in [3.63, 3.8) is 0 Å². The van der Waals surface area contributed by atoms with Gasteiger partial charge in [0.2, 0.25) is 0 Å². The topological polar surface area (TPSA) is 9.23 Å². The lowest BCUT2D eigenvalue weighted by atomic mass is 9.69. The van der Waals surface area contributed by atoms with Crippen molar-refractivity contribution < 1.29 is 4.74 Å². The van der Waals surface area contributed by atoms with Crippen LogP contribution in [0.3, 0.4) is 0 Å². The Hall–Kier alpha value is -1.42. The van der Waals surface area contributed by atoms with Gasteiger partial charge in [0.15, 0.2) is 0 Å². The molecule has 3 rings (SSSR count). The minimum absolute atomic E-state index is 0.604. The van der Waals surface area contributed by atoms with Crippen molar-refractivity contribution >= 4 is 0 Å². The van der Waals surface area contributed by atoms with Crippen molar-refractivity contribution in [2.24, 2.45) is 23.7 Å². The van der Waals surface area contributed by atoms with E-state index < -0.39 is 0 Å². The minimum atomic E-state index is 0.604. The molecule has 0 aromatic heterocycles. The van der Waals surface area contributed by atoms with Gasteiger partial charge >= 0.3 is 0 Å². The van der Waals surface area contributed by atoms with Crippen molar-refractivity contribution in [1.82, 2.24) is 0 Å². The number of hydrogen-bond acceptors (Lipinski definition) is 1. The fourth-order valence-corrected chi connectivity index (χ4v) is 5.33. The zero-order valence-corrected chi connectivity index (χ0v) is 18.9. The highest BCUT2D eigenvalue weighted by Gasteiger charge is 2.30. The van der Waals surface area contributed by atoms with Gasteiger partial charge in [-0.1, -0.05) is 64.2 Å². The summed E-state index contributed by atoms with van der Waals surface area (Å²) in [5.41, 5.74) is 1.13. The highest BCUT2D eigenvalue weighted by Crippen LogP contribution is 2.42. The minimum Gasteiger partial charge on any atom is -0.494 e. The lowest BCUT2D eigenvalue weighted by molar-refractivity contribution is 0.153. The van der Waals surface area contributed by atoms with Gasteiger partial charge in [0.25, 0.3) is 0 Å². The molecule has 1 aromatic rings. The summed E-state index contributed by atoms with van der Waals surface area (Å²) in [6.45, 7) is 5.32. The van der Waals surface area contributed by atoms with E-state index in [0.29, 0.717) is 5.92 Å². The van der Waals surface area contributed by atoms with Gasteiger partial charge in [-0.25, -0.2) is 0 Å². The molecule has 1 aromatic carbocycles. The first kappa shape index (κ1) is 22.3. The molecule has 0 unspecified atom stereocenters. The summed E-state index contributed by atoms with van der Waals surface area (Å²) in [6, 6.07) is 8.34. The van der Waals surface area contributed by atoms with Crippen LogP contribution in [0.25, 0.3) is 0 Å². The van der Waals surface area contributed by atoms with Gasteiger partial charge in [0.05, 0.1) is 6.61 Å². The molecule has 0 radical (unpaired) electrons. The Bertz CT molecular complexity index is 619. The summed E-state index contributed by atoms with van der Waals surface area (Å²) in [7, 11) is 0. The molecule has 0 bridgehead atoms. The standard InChI is InChI=1S/C28H42O/c1-3-5-7-23-10-16-26(17-11-23)27-18-12-24(13-19-27)8-9-25-14-20-28(21-15-25)29-22-6-4-2/h14-15,20-21,23-24,26-27H,3-7,10-13,16-19,22H2,1-2H3/t23-,24-,26-,27-. The van der Waals surface area contributed by atoms with E-state index in [4.69, 9.17) is 4.74 Å². The Balaban J connectivity index is 1.38. The number of ether oxygens (including phenoxy) is 1. The Morgan fingerprint density at radius 2 is 1.41 bits per heavy atom. The van der Waals surface area contributed by atoms with Gasteiger partial charge in [0, 0.05) is 11.5 Å². The molecule has 2 aliphatic carbocycles. The molecule has 1 heteroatoms. The zero-order chi connectivity index (χ0) is 20.3. The third-order valence-corrected chi connectivity index (χ3v) is 7.34. The van der Waals surface area contributed by atoms with Crippen LogP contribution < -0.4 is 4.74 Å². The second-order valence-corrected chi connectivity index (χ2v) is 9.53. The maximum absolute atomic E-state index is 5.74. The summed E-state index contributed by atoms with van der Waals surface area (Å²) in [4.78, 5) is 0. The number of rotatable bonds is 8. The van der Waals surface area contributed by atoms with Crippen LogP contribution in [-0.4, -0.2) is 6.61 Å². The summed E-state index contributed by atoms with van der Waals surface area (Å²) in [5, 5.41) is 0. The molecular weight excluding hydrogens is 352 g/mol. The quantitative estimate of drug-likeness (QED) is 0.320. The van der Waals surface area contributed by atoms with E-state index in [-0.39, 0.29) is 0 Å². The SMILES string of the molecule is CCCCOc1ccc(C#C[C@H]2CC[C@H]([C@H]3CC[C@H](CCCC)CC3)CC2)cc1. The van der Waals surface area contributed by atoms with Crippen LogP contribution in [0.2, 0.25) is 0 Å². The predicted molar refractivity (Wildman–Crippen MR) is 124 cm³/mol. The van der Waals surface area contributed by atoms with Crippen LogP contribution in [0.1, 0.15) is 103 Å². The average Bonchev–Trinajstić information content (AvgIpc) is 2.78. The lowest BCUT2D eigenvalue weighted by Crippen LogP contribution is -2.25. The van der Waals surface area contributed by atoms with Crippen LogP contribution in [0.5, 0.6) is 5.75 Å². The first-order chi connectivity index (χ1) is 14.3. The predicted octanol–water partition coefficient (Wildman–Crippen LogP) is 8.02. The molecule has 29 heavy (non-hydrogen) atoms. The van der Waals surface area contributed by atoms with E-state index in [9.17, 15) is 0 Å². The molecular formula is C28H42O. The maximum atomic E-state index is 5.74. The number of unbranched alkanes of at least 4 members (excludes halogenated alkanes) is 2. The van der Waals surface area contributed by atoms with Crippen molar-refractivity contribution in [2.45, 2.75) is 97.3 Å². The highest BCUT2D eigenvalue weighted by molar-refractivity contribution is 5.38. The van der Waals surface area contributed by atoms with Gasteiger partial charge < -0.3 is 4.74 Å². The lowest BCUT2D eigenvalue weighted by Gasteiger charge is -2.37. The third-order valence-electron chi connectivity index (χ3n) is 7.34. The van der Waals surface area contributed by atoms with E-state index in [2.05, 4.69) is 50.0 Å². The molecule has 0 aliphatic heterocycles. The molecule has 1 nitrogen and oxygen atoms in total. The van der Waals surface area contributed by atoms with Gasteiger partial charge in [0.1, 0.15) is 5.75 Å².